The quantitative estimate of drug-likeness (QED) is 0.313. The third kappa shape index (κ3) is 4.89. The lowest BCUT2D eigenvalue weighted by molar-refractivity contribution is -0.998. The summed E-state index contributed by atoms with van der Waals surface area (Å²) in [6.45, 7) is 8.53. The van der Waals surface area contributed by atoms with Gasteiger partial charge in [0.2, 0.25) is 0 Å². The Bertz CT molecular complexity index is 640. The first-order valence-corrected chi connectivity index (χ1v) is 10.9. The van der Waals surface area contributed by atoms with Crippen LogP contribution in [0.5, 0.6) is 0 Å². The van der Waals surface area contributed by atoms with Crippen molar-refractivity contribution in [1.29, 1.82) is 0 Å². The number of aliphatic hydroxyl groups is 1. The van der Waals surface area contributed by atoms with Crippen LogP contribution in [0, 0.1) is 23.2 Å². The van der Waals surface area contributed by atoms with E-state index in [9.17, 15) is 28.3 Å². The van der Waals surface area contributed by atoms with Crippen molar-refractivity contribution >= 4 is 21.7 Å². The second kappa shape index (κ2) is 8.02. The third-order valence-electron chi connectivity index (χ3n) is 4.87. The summed E-state index contributed by atoms with van der Waals surface area (Å²) in [6.07, 6.45) is 1.47. The second-order valence-corrected chi connectivity index (χ2v) is 10.9. The fourth-order valence-corrected chi connectivity index (χ4v) is 4.11. The molecule has 26 heavy (non-hydrogen) atoms. The average Bonchev–Trinajstić information content (AvgIpc) is 2.60. The van der Waals surface area contributed by atoms with Crippen molar-refractivity contribution in [3.63, 3.8) is 0 Å². The van der Waals surface area contributed by atoms with Crippen molar-refractivity contribution in [2.24, 2.45) is 23.2 Å². The van der Waals surface area contributed by atoms with Crippen LogP contribution in [0.2, 0.25) is 0 Å². The van der Waals surface area contributed by atoms with Crippen LogP contribution in [0.3, 0.4) is 0 Å². The van der Waals surface area contributed by atoms with Crippen LogP contribution >= 0.6 is 0 Å². The monoisotopic (exact) mass is 393 g/mol. The highest BCUT2D eigenvalue weighted by Gasteiger charge is 2.67. The molecule has 8 nitrogen and oxygen atoms in total. The SMILES string of the molecule is CC(C)C[C@H]1C(=O)[N+](O)([C@H](CO)C(C)(C)C)C(=O)[C@H]1CNCS(C)(=O)=O. The summed E-state index contributed by atoms with van der Waals surface area (Å²) in [4.78, 5) is 26.1. The van der Waals surface area contributed by atoms with Crippen LogP contribution in [-0.2, 0) is 19.4 Å². The Balaban J connectivity index is 3.23. The molecule has 1 heterocycles. The number of amides is 2. The number of nitrogens with one attached hydrogen (secondary N) is 1. The molecule has 1 saturated heterocycles. The molecule has 1 aliphatic heterocycles. The molecule has 0 aromatic carbocycles. The first-order chi connectivity index (χ1) is 11.7. The molecule has 0 spiro atoms. The minimum absolute atomic E-state index is 0.0160. The molecule has 1 unspecified atom stereocenters. The Morgan fingerprint density at radius 3 is 2.04 bits per heavy atom. The summed E-state index contributed by atoms with van der Waals surface area (Å²) >= 11 is 0. The number of carbonyl (C=O) groups excluding carboxylic acids is 2. The van der Waals surface area contributed by atoms with Crippen LogP contribution in [0.15, 0.2) is 0 Å². The van der Waals surface area contributed by atoms with E-state index in [1.165, 1.54) is 0 Å². The van der Waals surface area contributed by atoms with Crippen LogP contribution in [0.25, 0.3) is 0 Å². The number of sulfone groups is 1. The van der Waals surface area contributed by atoms with E-state index in [0.717, 1.165) is 6.26 Å². The van der Waals surface area contributed by atoms with Gasteiger partial charge in [0.25, 0.3) is 0 Å². The number of aliphatic hydroxyl groups excluding tert-OH is 1. The highest BCUT2D eigenvalue weighted by Crippen LogP contribution is 2.41. The van der Waals surface area contributed by atoms with Gasteiger partial charge in [-0.15, -0.1) is 0 Å². The summed E-state index contributed by atoms with van der Waals surface area (Å²) in [5.74, 6) is -3.07. The molecule has 152 valence electrons. The Kier molecular flexibility index (Phi) is 7.14. The number of carbonyl (C=O) groups is 2. The van der Waals surface area contributed by atoms with Gasteiger partial charge < -0.3 is 10.4 Å². The molecule has 0 aliphatic carbocycles. The highest BCUT2D eigenvalue weighted by atomic mass is 32.2. The molecule has 9 heteroatoms. The summed E-state index contributed by atoms with van der Waals surface area (Å²) in [5.41, 5.74) is -0.688. The smallest absolute Gasteiger partial charge is 0.358 e. The van der Waals surface area contributed by atoms with E-state index in [1.54, 1.807) is 20.8 Å². The minimum atomic E-state index is -3.28. The molecular formula is C17H33N2O6S+. The van der Waals surface area contributed by atoms with Crippen molar-refractivity contribution in [3.8, 4) is 0 Å². The molecule has 4 atom stereocenters. The van der Waals surface area contributed by atoms with Gasteiger partial charge in [0.05, 0.1) is 18.4 Å². The van der Waals surface area contributed by atoms with Crippen molar-refractivity contribution in [2.75, 3.05) is 25.3 Å². The van der Waals surface area contributed by atoms with Gasteiger partial charge in [-0.1, -0.05) is 39.3 Å². The van der Waals surface area contributed by atoms with E-state index in [-0.39, 0.29) is 18.3 Å². The number of likely N-dealkylation sites (tertiary alicyclic amines) is 1. The van der Waals surface area contributed by atoms with Crippen LogP contribution < -0.4 is 5.32 Å². The van der Waals surface area contributed by atoms with Crippen LogP contribution in [0.4, 0.5) is 0 Å². The zero-order chi connectivity index (χ0) is 20.5. The van der Waals surface area contributed by atoms with Gasteiger partial charge >= 0.3 is 11.8 Å². The summed E-state index contributed by atoms with van der Waals surface area (Å²) in [6, 6.07) is -0.989. The highest BCUT2D eigenvalue weighted by molar-refractivity contribution is 7.90. The van der Waals surface area contributed by atoms with Gasteiger partial charge in [-0.2, -0.15) is 0 Å². The van der Waals surface area contributed by atoms with E-state index >= 15 is 0 Å². The molecule has 1 aliphatic rings. The molecule has 0 saturated carbocycles. The second-order valence-electron chi connectivity index (χ2n) is 8.79. The minimum Gasteiger partial charge on any atom is -0.390 e. The molecule has 0 aromatic rings. The Hall–Kier alpha value is -0.870. The maximum Gasteiger partial charge on any atom is 0.358 e. The van der Waals surface area contributed by atoms with E-state index in [4.69, 9.17) is 0 Å². The predicted molar refractivity (Wildman–Crippen MR) is 96.5 cm³/mol. The van der Waals surface area contributed by atoms with Gasteiger partial charge in [-0.05, 0) is 12.3 Å². The summed E-state index contributed by atoms with van der Waals surface area (Å²) in [7, 11) is -3.28. The number of nitrogens with zero attached hydrogens (tertiary/aromatic N) is 1. The van der Waals surface area contributed by atoms with Crippen LogP contribution in [-0.4, -0.2) is 66.5 Å². The standard InChI is InChI=1S/C17H33N2O6S/c1-11(2)7-12-13(8-18-10-26(6,24)25)16(22)19(23,15(12)21)14(9-20)17(3,4)5/h11-14,18,20,23H,7-10H2,1-6H3/q+1/t12-,13+,14-,19?/m1/s1. The van der Waals surface area contributed by atoms with Crippen molar-refractivity contribution in [3.05, 3.63) is 0 Å². The zero-order valence-corrected chi connectivity index (χ0v) is 17.3. The molecule has 0 bridgehead atoms. The molecule has 1 fully saturated rings. The first-order valence-electron chi connectivity index (χ1n) is 8.85. The fraction of sp³-hybridized carbons (Fsp3) is 0.882. The maximum absolute atomic E-state index is 13.0. The fourth-order valence-electron chi connectivity index (χ4n) is 3.62. The molecule has 0 aromatic heterocycles. The van der Waals surface area contributed by atoms with E-state index in [0.29, 0.717) is 6.42 Å². The van der Waals surface area contributed by atoms with E-state index < -0.39 is 56.2 Å². The topological polar surface area (TPSA) is 121 Å². The number of hydrogen-bond donors (Lipinski definition) is 3. The number of hydrogen-bond acceptors (Lipinski definition) is 7. The molecule has 2 amide bonds. The Labute approximate surface area is 156 Å². The number of quaternary nitrogens is 1. The van der Waals surface area contributed by atoms with Crippen molar-refractivity contribution < 1.29 is 33.0 Å². The molecule has 3 N–H and O–H groups in total. The first kappa shape index (κ1) is 23.2. The van der Waals surface area contributed by atoms with E-state index in [2.05, 4.69) is 5.32 Å². The lowest BCUT2D eigenvalue weighted by Gasteiger charge is -2.36. The maximum atomic E-state index is 13.0. The van der Waals surface area contributed by atoms with Gasteiger partial charge in [0.15, 0.2) is 15.9 Å². The van der Waals surface area contributed by atoms with Gasteiger partial charge in [-0.25, -0.2) is 23.2 Å². The van der Waals surface area contributed by atoms with E-state index in [1.807, 2.05) is 13.8 Å². The zero-order valence-electron chi connectivity index (χ0n) is 16.5. The van der Waals surface area contributed by atoms with Crippen molar-refractivity contribution in [2.45, 2.75) is 47.1 Å². The van der Waals surface area contributed by atoms with Crippen LogP contribution in [0.1, 0.15) is 41.0 Å². The Morgan fingerprint density at radius 1 is 1.15 bits per heavy atom. The van der Waals surface area contributed by atoms with Crippen molar-refractivity contribution in [1.82, 2.24) is 5.32 Å². The normalized spacial score (nSPS) is 28.8. The Morgan fingerprint density at radius 2 is 1.65 bits per heavy atom. The average molecular weight is 394 g/mol. The molecule has 1 rings (SSSR count). The number of rotatable bonds is 8. The predicted octanol–water partition coefficient (Wildman–Crippen LogP) is 0.536. The number of imide groups is 1. The van der Waals surface area contributed by atoms with Gasteiger partial charge in [-0.3, -0.25) is 0 Å². The lowest BCUT2D eigenvalue weighted by atomic mass is 9.85. The largest absolute Gasteiger partial charge is 0.390 e. The number of hydroxylamine groups is 3. The summed E-state index contributed by atoms with van der Waals surface area (Å²) in [5, 5.41) is 23.6. The lowest BCUT2D eigenvalue weighted by Crippen LogP contribution is -2.63. The van der Waals surface area contributed by atoms with Gasteiger partial charge in [0, 0.05) is 18.2 Å². The molecule has 0 radical (unpaired) electrons. The summed E-state index contributed by atoms with van der Waals surface area (Å²) < 4.78 is 21.2. The third-order valence-corrected chi connectivity index (χ3v) is 5.60. The van der Waals surface area contributed by atoms with Gasteiger partial charge in [0.1, 0.15) is 5.92 Å². The molecular weight excluding hydrogens is 360 g/mol.